The minimum atomic E-state index is 0.317. The molecule has 0 aliphatic rings. The molecule has 40 valence electrons. The lowest BCUT2D eigenvalue weighted by Crippen LogP contribution is -1.94. The smallest absolute Gasteiger partial charge is 0.0633 e. The van der Waals surface area contributed by atoms with E-state index in [1.54, 1.807) is 0 Å². The molecule has 0 rings (SSSR count). The minimum Gasteiger partial charge on any atom is -0.198 e. The molecule has 0 saturated carbocycles. The number of rotatable bonds is 2. The Balaban J connectivity index is 3.03. The summed E-state index contributed by atoms with van der Waals surface area (Å²) in [5.74, 6) is 0. The summed E-state index contributed by atoms with van der Waals surface area (Å²) in [4.78, 5) is 0.317. The fourth-order valence-corrected chi connectivity index (χ4v) is 0.527. The van der Waals surface area contributed by atoms with Crippen LogP contribution < -0.4 is 0 Å². The van der Waals surface area contributed by atoms with Crippen LogP contribution in [0.15, 0.2) is 0 Å². The highest BCUT2D eigenvalue weighted by Crippen LogP contribution is 2.05. The van der Waals surface area contributed by atoms with Crippen molar-refractivity contribution < 1.29 is 0 Å². The molecule has 0 spiro atoms. The molecule has 7 heavy (non-hydrogen) atoms. The zero-order chi connectivity index (χ0) is 5.70. The highest BCUT2D eigenvalue weighted by atomic mass is 79.9. The minimum absolute atomic E-state index is 0.317. The summed E-state index contributed by atoms with van der Waals surface area (Å²) in [5.41, 5.74) is 0. The monoisotopic (exact) mass is 225 g/mol. The first kappa shape index (κ1) is 7.45. The van der Waals surface area contributed by atoms with Crippen molar-refractivity contribution in [1.29, 1.82) is 5.26 Å². The number of alkyl halides is 2. The summed E-state index contributed by atoms with van der Waals surface area (Å²) < 4.78 is 0. The van der Waals surface area contributed by atoms with Gasteiger partial charge in [-0.3, -0.25) is 0 Å². The highest BCUT2D eigenvalue weighted by molar-refractivity contribution is 9.12. The van der Waals surface area contributed by atoms with Crippen molar-refractivity contribution in [3.8, 4) is 6.07 Å². The van der Waals surface area contributed by atoms with Crippen LogP contribution in [0.3, 0.4) is 0 Å². The summed E-state index contributed by atoms with van der Waals surface area (Å²) in [6.07, 6.45) is 0.575. The average Bonchev–Trinajstić information content (AvgIpc) is 1.68. The summed E-state index contributed by atoms with van der Waals surface area (Å²) in [7, 11) is 0. The molecule has 1 nitrogen and oxygen atoms in total. The maximum absolute atomic E-state index is 8.07. The van der Waals surface area contributed by atoms with Crippen LogP contribution in [0.25, 0.3) is 0 Å². The van der Waals surface area contributed by atoms with Gasteiger partial charge in [-0.25, -0.2) is 0 Å². The van der Waals surface area contributed by atoms with Gasteiger partial charge in [0.25, 0.3) is 0 Å². The van der Waals surface area contributed by atoms with Gasteiger partial charge in [0.2, 0.25) is 0 Å². The third-order valence-corrected chi connectivity index (χ3v) is 2.78. The Kier molecular flexibility index (Phi) is 4.90. The van der Waals surface area contributed by atoms with E-state index < -0.39 is 0 Å². The molecular weight excluding hydrogens is 222 g/mol. The molecule has 0 radical (unpaired) electrons. The maximum atomic E-state index is 8.07. The normalized spacial score (nSPS) is 12.7. The van der Waals surface area contributed by atoms with Crippen LogP contribution >= 0.6 is 31.9 Å². The van der Waals surface area contributed by atoms with Gasteiger partial charge in [-0.05, 0) is 0 Å². The lowest BCUT2D eigenvalue weighted by molar-refractivity contribution is 1.03. The zero-order valence-electron chi connectivity index (χ0n) is 3.69. The van der Waals surface area contributed by atoms with Crippen LogP contribution in [0.5, 0.6) is 0 Å². The van der Waals surface area contributed by atoms with Gasteiger partial charge < -0.3 is 0 Å². The second-order valence-electron chi connectivity index (χ2n) is 1.11. The fourth-order valence-electron chi connectivity index (χ4n) is 0.154. The van der Waals surface area contributed by atoms with Crippen LogP contribution in [-0.2, 0) is 0 Å². The van der Waals surface area contributed by atoms with Gasteiger partial charge in [0, 0.05) is 16.6 Å². The predicted octanol–water partition coefficient (Wildman–Crippen LogP) is 2.06. The Bertz CT molecular complexity index is 76.2. The summed E-state index contributed by atoms with van der Waals surface area (Å²) >= 11 is 6.49. The maximum Gasteiger partial charge on any atom is 0.0633 e. The van der Waals surface area contributed by atoms with Gasteiger partial charge in [0.05, 0.1) is 6.07 Å². The van der Waals surface area contributed by atoms with Gasteiger partial charge in [0.1, 0.15) is 0 Å². The van der Waals surface area contributed by atoms with Crippen LogP contribution in [0.2, 0.25) is 0 Å². The molecule has 0 bridgehead atoms. The molecule has 0 saturated heterocycles. The molecule has 0 aliphatic heterocycles. The van der Waals surface area contributed by atoms with E-state index in [0.717, 1.165) is 5.33 Å². The Morgan fingerprint density at radius 2 is 2.29 bits per heavy atom. The molecule has 0 aromatic heterocycles. The number of nitriles is 1. The topological polar surface area (TPSA) is 23.8 Å². The van der Waals surface area contributed by atoms with Crippen molar-refractivity contribution in [3.63, 3.8) is 0 Å². The molecule has 0 fully saturated rings. The molecule has 0 aliphatic carbocycles. The van der Waals surface area contributed by atoms with Crippen molar-refractivity contribution in [1.82, 2.24) is 0 Å². The SMILES string of the molecule is N#CCC(Br)CBr. The van der Waals surface area contributed by atoms with E-state index >= 15 is 0 Å². The first-order valence-corrected chi connectivity index (χ1v) is 3.92. The van der Waals surface area contributed by atoms with Gasteiger partial charge in [-0.15, -0.1) is 0 Å². The molecule has 3 heteroatoms. The van der Waals surface area contributed by atoms with E-state index in [4.69, 9.17) is 5.26 Å². The van der Waals surface area contributed by atoms with Crippen molar-refractivity contribution in [3.05, 3.63) is 0 Å². The van der Waals surface area contributed by atoms with E-state index in [-0.39, 0.29) is 0 Å². The predicted molar refractivity (Wildman–Crippen MR) is 36.7 cm³/mol. The molecule has 0 heterocycles. The van der Waals surface area contributed by atoms with Crippen LogP contribution in [0.4, 0.5) is 0 Å². The molecule has 1 atom stereocenters. The van der Waals surface area contributed by atoms with Crippen molar-refractivity contribution in [2.24, 2.45) is 0 Å². The molecule has 1 unspecified atom stereocenters. The standard InChI is InChI=1S/C4H5Br2N/c5-3-4(6)1-2-7/h4H,1,3H2. The van der Waals surface area contributed by atoms with Crippen LogP contribution in [-0.4, -0.2) is 10.2 Å². The van der Waals surface area contributed by atoms with Gasteiger partial charge in [-0.1, -0.05) is 31.9 Å². The Morgan fingerprint density at radius 1 is 1.71 bits per heavy atom. The van der Waals surface area contributed by atoms with E-state index in [2.05, 4.69) is 31.9 Å². The van der Waals surface area contributed by atoms with Gasteiger partial charge in [-0.2, -0.15) is 5.26 Å². The zero-order valence-corrected chi connectivity index (χ0v) is 6.87. The van der Waals surface area contributed by atoms with Gasteiger partial charge in [0.15, 0.2) is 0 Å². The Morgan fingerprint density at radius 3 is 2.43 bits per heavy atom. The first-order chi connectivity index (χ1) is 3.31. The molecule has 0 aromatic carbocycles. The second-order valence-corrected chi connectivity index (χ2v) is 3.06. The first-order valence-electron chi connectivity index (χ1n) is 1.88. The summed E-state index contributed by atoms with van der Waals surface area (Å²) in [6, 6.07) is 2.04. The lowest BCUT2D eigenvalue weighted by Gasteiger charge is -1.93. The number of hydrogen-bond donors (Lipinski definition) is 0. The highest BCUT2D eigenvalue weighted by Gasteiger charge is 1.96. The molecule has 0 N–H and O–H groups in total. The molecule has 0 amide bonds. The Hall–Kier alpha value is 0.450. The lowest BCUT2D eigenvalue weighted by atomic mass is 10.4. The van der Waals surface area contributed by atoms with E-state index in [1.165, 1.54) is 0 Å². The van der Waals surface area contributed by atoms with E-state index in [9.17, 15) is 0 Å². The molecule has 0 aromatic rings. The second kappa shape index (κ2) is 4.61. The summed E-state index contributed by atoms with van der Waals surface area (Å²) in [5, 5.41) is 8.91. The number of hydrogen-bond acceptors (Lipinski definition) is 1. The van der Waals surface area contributed by atoms with Crippen molar-refractivity contribution in [2.75, 3.05) is 5.33 Å². The fraction of sp³-hybridized carbons (Fsp3) is 0.750. The van der Waals surface area contributed by atoms with Crippen molar-refractivity contribution in [2.45, 2.75) is 11.2 Å². The third-order valence-electron chi connectivity index (χ3n) is 0.480. The number of halogens is 2. The largest absolute Gasteiger partial charge is 0.198 e. The number of nitrogens with zero attached hydrogens (tertiary/aromatic N) is 1. The third kappa shape index (κ3) is 4.30. The summed E-state index contributed by atoms with van der Waals surface area (Å²) in [6.45, 7) is 0. The van der Waals surface area contributed by atoms with Crippen LogP contribution in [0, 0.1) is 11.3 Å². The van der Waals surface area contributed by atoms with E-state index in [0.29, 0.717) is 11.2 Å². The average molecular weight is 227 g/mol. The van der Waals surface area contributed by atoms with Gasteiger partial charge >= 0.3 is 0 Å². The van der Waals surface area contributed by atoms with E-state index in [1.807, 2.05) is 6.07 Å². The van der Waals surface area contributed by atoms with Crippen LogP contribution in [0.1, 0.15) is 6.42 Å². The Labute approximate surface area is 60.0 Å². The van der Waals surface area contributed by atoms with Crippen molar-refractivity contribution >= 4 is 31.9 Å². The quantitative estimate of drug-likeness (QED) is 0.662. The molecular formula is C4H5Br2N.